The molecule has 0 radical (unpaired) electrons. The van der Waals surface area contributed by atoms with Crippen molar-refractivity contribution in [3.05, 3.63) is 83.9 Å². The number of rotatable bonds is 3. The molecule has 2 atom stereocenters. The normalized spacial score (nSPS) is 21.6. The Bertz CT molecular complexity index is 1100. The summed E-state index contributed by atoms with van der Waals surface area (Å²) in [5, 5.41) is 2.20. The van der Waals surface area contributed by atoms with Crippen LogP contribution in [-0.4, -0.2) is 6.88 Å². The molecule has 0 nitrogen and oxygen atoms in total. The summed E-state index contributed by atoms with van der Waals surface area (Å²) in [6, 6.07) is 13.6. The molecule has 0 amide bonds. The zero-order valence-electron chi connectivity index (χ0n) is 18.2. The molecule has 5 heteroatoms. The van der Waals surface area contributed by atoms with E-state index in [1.807, 2.05) is 14.6 Å². The maximum absolute atomic E-state index is 3.25. The van der Waals surface area contributed by atoms with Gasteiger partial charge in [0.1, 0.15) is 0 Å². The van der Waals surface area contributed by atoms with E-state index in [0.717, 1.165) is 0 Å². The molecule has 2 unspecified atom stereocenters. The van der Waals surface area contributed by atoms with Crippen LogP contribution in [0.25, 0.3) is 5.57 Å². The number of benzene rings is 1. The number of hydrogen-bond donors (Lipinski definition) is 0. The van der Waals surface area contributed by atoms with Gasteiger partial charge in [-0.05, 0) is 0 Å². The van der Waals surface area contributed by atoms with Gasteiger partial charge in [0, 0.05) is 0 Å². The third-order valence-electron chi connectivity index (χ3n) is 7.23. The van der Waals surface area contributed by atoms with E-state index < -0.39 is 17.4 Å². The van der Waals surface area contributed by atoms with Gasteiger partial charge >= 0.3 is 172 Å². The fourth-order valence-electron chi connectivity index (χ4n) is 5.63. The fourth-order valence-corrected chi connectivity index (χ4v) is 24.9. The molecule has 0 bridgehead atoms. The van der Waals surface area contributed by atoms with Gasteiger partial charge < -0.3 is 0 Å². The summed E-state index contributed by atoms with van der Waals surface area (Å²) in [4.78, 5) is 1.41. The van der Waals surface area contributed by atoms with E-state index in [4.69, 9.17) is 0 Å². The predicted octanol–water partition coefficient (Wildman–Crippen LogP) is 7.67. The largest absolute Gasteiger partial charge is 0.147 e. The number of fused-ring (bicyclic) bond motifs is 1. The minimum absolute atomic E-state index is 0. The number of thiophene rings is 1. The Morgan fingerprint density at radius 3 is 2.14 bits per heavy atom. The Hall–Kier alpha value is -0.180. The fraction of sp³-hybridized carbons (Fsp3) is 0.333. The van der Waals surface area contributed by atoms with Gasteiger partial charge in [-0.15, -0.1) is 24.8 Å². The molecular weight excluding hydrogens is 511 g/mol. The molecule has 0 spiro atoms. The molecular formula is C24H32Cl2SSiZr. The maximum Gasteiger partial charge on any atom is -0.147 e. The summed E-state index contributed by atoms with van der Waals surface area (Å²) in [5.41, 5.74) is 9.23. The van der Waals surface area contributed by atoms with Gasteiger partial charge in [0.25, 0.3) is 0 Å². The van der Waals surface area contributed by atoms with Crippen molar-refractivity contribution < 1.29 is 17.4 Å². The van der Waals surface area contributed by atoms with Gasteiger partial charge in [-0.25, -0.2) is 0 Å². The number of halogens is 2. The predicted molar refractivity (Wildman–Crippen MR) is 136 cm³/mol. The third-order valence-corrected chi connectivity index (χ3v) is 25.4. The van der Waals surface area contributed by atoms with Crippen LogP contribution in [0.3, 0.4) is 0 Å². The van der Waals surface area contributed by atoms with Crippen LogP contribution in [0, 0.1) is 5.92 Å². The van der Waals surface area contributed by atoms with Crippen LogP contribution in [0.4, 0.5) is 0 Å². The van der Waals surface area contributed by atoms with Gasteiger partial charge in [0.05, 0.1) is 0 Å². The molecule has 1 aromatic heterocycles. The summed E-state index contributed by atoms with van der Waals surface area (Å²) in [6.45, 7) is 11.9. The summed E-state index contributed by atoms with van der Waals surface area (Å²) >= 11 is -1.38. The van der Waals surface area contributed by atoms with Crippen LogP contribution in [-0.2, 0) is 17.4 Å². The molecule has 1 aromatic carbocycles. The Morgan fingerprint density at radius 1 is 0.931 bits per heavy atom. The smallest absolute Gasteiger partial charge is 0.147 e. The Kier molecular flexibility index (Phi) is 7.26. The standard InChI is InChI=1S/C13H9S.C9H13.2CH3.2ClH.H2Si.Zr/c1-2-5-11-10(4-1)7-8-12(11)13-6-3-9-14-13;1-6-5-7(2)9(4)8(6)3;;;;;;/h1-9H;6H,1-4H3;2*1H3;2*1H;1H2;. The molecule has 2 aliphatic rings. The van der Waals surface area contributed by atoms with Gasteiger partial charge in [-0.3, -0.25) is 0 Å². The first-order chi connectivity index (χ1) is 12.6. The van der Waals surface area contributed by atoms with Crippen LogP contribution in [0.1, 0.15) is 47.3 Å². The molecule has 2 aliphatic carbocycles. The first-order valence-corrected chi connectivity index (χ1v) is 24.3. The van der Waals surface area contributed by atoms with E-state index in [2.05, 4.69) is 91.7 Å². The van der Waals surface area contributed by atoms with Crippen molar-refractivity contribution >= 4 is 48.6 Å². The van der Waals surface area contributed by atoms with Crippen molar-refractivity contribution in [3.8, 4) is 0 Å². The number of allylic oxidation sites excluding steroid dienone is 5. The minimum atomic E-state index is -3.25. The van der Waals surface area contributed by atoms with Gasteiger partial charge in [0.2, 0.25) is 0 Å². The van der Waals surface area contributed by atoms with Crippen molar-refractivity contribution in [2.24, 2.45) is 5.92 Å². The van der Waals surface area contributed by atoms with E-state index in [0.29, 0.717) is 9.54 Å². The molecule has 0 aliphatic heterocycles. The van der Waals surface area contributed by atoms with Crippen molar-refractivity contribution in [1.29, 1.82) is 0 Å². The molecule has 156 valence electrons. The van der Waals surface area contributed by atoms with Crippen molar-refractivity contribution in [2.75, 3.05) is 0 Å². The van der Waals surface area contributed by atoms with Crippen molar-refractivity contribution in [2.45, 2.75) is 40.6 Å². The summed E-state index contributed by atoms with van der Waals surface area (Å²) < 4.78 is 7.80. The first-order valence-electron chi connectivity index (χ1n) is 9.93. The second kappa shape index (κ2) is 8.40. The Labute approximate surface area is 194 Å². The van der Waals surface area contributed by atoms with Gasteiger partial charge in [0.15, 0.2) is 0 Å². The van der Waals surface area contributed by atoms with Gasteiger partial charge in [-0.2, -0.15) is 0 Å². The average molecular weight is 543 g/mol. The SMILES string of the molecule is CC1=C(C)C(C)[C]([Zr]([CH3])([CH3])(=[SiH2])[CH]2C=C(c3cccs3)c3ccccc32)=C1C.Cl.Cl. The van der Waals surface area contributed by atoms with Crippen molar-refractivity contribution in [1.82, 2.24) is 0 Å². The Balaban J connectivity index is 0.00000150. The quantitative estimate of drug-likeness (QED) is 0.349. The monoisotopic (exact) mass is 540 g/mol. The number of hydrogen-bond acceptors (Lipinski definition) is 1. The minimum Gasteiger partial charge on any atom is -0.147 e. The van der Waals surface area contributed by atoms with E-state index >= 15 is 0 Å². The van der Waals surface area contributed by atoms with Crippen LogP contribution < -0.4 is 0 Å². The van der Waals surface area contributed by atoms with E-state index in [9.17, 15) is 0 Å². The van der Waals surface area contributed by atoms with Crippen LogP contribution in [0.5, 0.6) is 0 Å². The van der Waals surface area contributed by atoms with E-state index in [1.54, 1.807) is 22.3 Å². The Morgan fingerprint density at radius 2 is 1.59 bits per heavy atom. The first kappa shape index (κ1) is 25.1. The van der Waals surface area contributed by atoms with Crippen LogP contribution in [0.15, 0.2) is 67.9 Å². The maximum atomic E-state index is 2.69. The van der Waals surface area contributed by atoms with E-state index in [-0.39, 0.29) is 24.8 Å². The van der Waals surface area contributed by atoms with Crippen LogP contribution >= 0.6 is 36.2 Å². The van der Waals surface area contributed by atoms with Gasteiger partial charge in [-0.1, -0.05) is 0 Å². The molecule has 29 heavy (non-hydrogen) atoms. The molecule has 2 aromatic rings. The summed E-state index contributed by atoms with van der Waals surface area (Å²) in [7, 11) is 0. The third kappa shape index (κ3) is 3.80. The zero-order valence-corrected chi connectivity index (χ0v) is 24.5. The van der Waals surface area contributed by atoms with Crippen LogP contribution in [0.2, 0.25) is 9.26 Å². The molecule has 1 heterocycles. The molecule has 4 rings (SSSR count). The molecule has 0 fully saturated rings. The molecule has 0 saturated heterocycles. The summed E-state index contributed by atoms with van der Waals surface area (Å²) in [5.74, 6) is 0.606. The van der Waals surface area contributed by atoms with E-state index in [1.165, 1.54) is 16.0 Å². The molecule has 0 N–H and O–H groups in total. The zero-order chi connectivity index (χ0) is 19.6. The van der Waals surface area contributed by atoms with Crippen molar-refractivity contribution in [3.63, 3.8) is 0 Å². The average Bonchev–Trinajstić information content (AvgIpc) is 3.30. The summed E-state index contributed by atoms with van der Waals surface area (Å²) in [6.07, 6.45) is 2.64. The molecule has 0 saturated carbocycles. The second-order valence-electron chi connectivity index (χ2n) is 9.50. The topological polar surface area (TPSA) is 0 Å². The second-order valence-corrected chi connectivity index (χ2v) is 40.0.